The number of rotatable bonds is 6. The van der Waals surface area contributed by atoms with E-state index in [0.29, 0.717) is 17.8 Å². The normalized spacial score (nSPS) is 10.3. The Morgan fingerprint density at radius 3 is 2.38 bits per heavy atom. The van der Waals surface area contributed by atoms with Crippen LogP contribution in [0.5, 0.6) is 0 Å². The molecule has 5 nitrogen and oxygen atoms in total. The first-order valence-corrected chi connectivity index (χ1v) is 8.22. The van der Waals surface area contributed by atoms with E-state index in [9.17, 15) is 14.9 Å². The number of carbonyl (C=O) groups excluding carboxylic acids is 1. The molecule has 130 valence electrons. The molecule has 0 amide bonds. The number of hydrogen-bond donors (Lipinski definition) is 1. The second-order valence-corrected chi connectivity index (χ2v) is 5.97. The van der Waals surface area contributed by atoms with Crippen LogP contribution in [0.15, 0.2) is 72.8 Å². The lowest BCUT2D eigenvalue weighted by Gasteiger charge is -2.10. The number of hydrogen-bond acceptors (Lipinski definition) is 4. The lowest BCUT2D eigenvalue weighted by Crippen LogP contribution is -2.03. The lowest BCUT2D eigenvalue weighted by atomic mass is 10.0. The minimum absolute atomic E-state index is 0.0174. The first-order valence-electron chi connectivity index (χ1n) is 8.22. The van der Waals surface area contributed by atoms with Gasteiger partial charge in [0.2, 0.25) is 0 Å². The third-order valence-corrected chi connectivity index (χ3v) is 4.12. The molecule has 0 unspecified atom stereocenters. The van der Waals surface area contributed by atoms with Gasteiger partial charge in [0.1, 0.15) is 5.69 Å². The van der Waals surface area contributed by atoms with E-state index in [4.69, 9.17) is 0 Å². The number of ketones is 1. The van der Waals surface area contributed by atoms with Crippen molar-refractivity contribution in [2.45, 2.75) is 13.5 Å². The Kier molecular flexibility index (Phi) is 5.08. The third-order valence-electron chi connectivity index (χ3n) is 4.12. The third kappa shape index (κ3) is 3.95. The van der Waals surface area contributed by atoms with E-state index < -0.39 is 4.92 Å². The van der Waals surface area contributed by atoms with Crippen molar-refractivity contribution in [3.05, 3.63) is 94.0 Å². The Balaban J connectivity index is 1.94. The van der Waals surface area contributed by atoms with Gasteiger partial charge in [-0.15, -0.1) is 0 Å². The zero-order valence-electron chi connectivity index (χ0n) is 14.3. The molecule has 0 aromatic heterocycles. The van der Waals surface area contributed by atoms with Gasteiger partial charge in [-0.05, 0) is 41.8 Å². The van der Waals surface area contributed by atoms with Crippen molar-refractivity contribution in [1.29, 1.82) is 0 Å². The van der Waals surface area contributed by atoms with Crippen molar-refractivity contribution in [2.24, 2.45) is 0 Å². The largest absolute Gasteiger partial charge is 0.375 e. The predicted molar refractivity (Wildman–Crippen MR) is 102 cm³/mol. The maximum absolute atomic E-state index is 11.6. The van der Waals surface area contributed by atoms with Crippen LogP contribution in [-0.4, -0.2) is 10.7 Å². The van der Waals surface area contributed by atoms with Crippen molar-refractivity contribution in [3.63, 3.8) is 0 Å². The second-order valence-electron chi connectivity index (χ2n) is 5.97. The second kappa shape index (κ2) is 7.61. The summed E-state index contributed by atoms with van der Waals surface area (Å²) < 4.78 is 0. The Hall–Kier alpha value is -3.47. The van der Waals surface area contributed by atoms with Gasteiger partial charge in [0.15, 0.2) is 5.78 Å². The fourth-order valence-corrected chi connectivity index (χ4v) is 2.73. The molecule has 0 saturated heterocycles. The zero-order chi connectivity index (χ0) is 18.5. The van der Waals surface area contributed by atoms with Gasteiger partial charge >= 0.3 is 0 Å². The van der Waals surface area contributed by atoms with Crippen molar-refractivity contribution in [2.75, 3.05) is 5.32 Å². The summed E-state index contributed by atoms with van der Waals surface area (Å²) in [6, 6.07) is 21.9. The molecule has 26 heavy (non-hydrogen) atoms. The molecular formula is C21H18N2O3. The van der Waals surface area contributed by atoms with Crippen molar-refractivity contribution in [3.8, 4) is 11.1 Å². The van der Waals surface area contributed by atoms with Gasteiger partial charge in [0, 0.05) is 18.2 Å². The van der Waals surface area contributed by atoms with Crippen LogP contribution in [0.2, 0.25) is 0 Å². The highest BCUT2D eigenvalue weighted by molar-refractivity contribution is 5.95. The Morgan fingerprint density at radius 2 is 1.69 bits per heavy atom. The minimum Gasteiger partial charge on any atom is -0.375 e. The first kappa shape index (κ1) is 17.4. The number of nitro benzene ring substituents is 1. The summed E-state index contributed by atoms with van der Waals surface area (Å²) in [5, 5.41) is 14.5. The summed E-state index contributed by atoms with van der Waals surface area (Å²) >= 11 is 0. The first-order chi connectivity index (χ1) is 12.5. The number of carbonyl (C=O) groups is 1. The quantitative estimate of drug-likeness (QED) is 0.384. The number of nitro groups is 1. The molecule has 3 aromatic rings. The summed E-state index contributed by atoms with van der Waals surface area (Å²) in [5.41, 5.74) is 3.77. The summed E-state index contributed by atoms with van der Waals surface area (Å²) in [4.78, 5) is 22.5. The highest BCUT2D eigenvalue weighted by Crippen LogP contribution is 2.31. The van der Waals surface area contributed by atoms with Gasteiger partial charge in [0.05, 0.1) is 4.92 Å². The van der Waals surface area contributed by atoms with Gasteiger partial charge < -0.3 is 5.32 Å². The molecule has 3 aromatic carbocycles. The van der Waals surface area contributed by atoms with E-state index in [-0.39, 0.29) is 11.5 Å². The van der Waals surface area contributed by atoms with E-state index in [0.717, 1.165) is 16.7 Å². The highest BCUT2D eigenvalue weighted by Gasteiger charge is 2.15. The smallest absolute Gasteiger partial charge is 0.292 e. The van der Waals surface area contributed by atoms with Crippen molar-refractivity contribution in [1.82, 2.24) is 0 Å². The molecule has 5 heteroatoms. The highest BCUT2D eigenvalue weighted by atomic mass is 16.6. The standard InChI is InChI=1S/C21H18N2O3/c1-15(24)17-8-5-9-18(12-17)19-10-11-21(23(25)26)20(13-19)22-14-16-6-3-2-4-7-16/h2-13,22H,14H2,1H3. The van der Waals surface area contributed by atoms with Crippen LogP contribution >= 0.6 is 0 Å². The minimum atomic E-state index is -0.400. The summed E-state index contributed by atoms with van der Waals surface area (Å²) in [7, 11) is 0. The number of Topliss-reactive ketones (excluding diaryl/α,β-unsaturated/α-hetero) is 1. The molecule has 0 aliphatic rings. The maximum atomic E-state index is 11.6. The Labute approximate surface area is 151 Å². The van der Waals surface area contributed by atoms with Gasteiger partial charge in [0.25, 0.3) is 5.69 Å². The van der Waals surface area contributed by atoms with Crippen LogP contribution < -0.4 is 5.32 Å². The zero-order valence-corrected chi connectivity index (χ0v) is 14.3. The topological polar surface area (TPSA) is 72.2 Å². The molecule has 0 fully saturated rings. The maximum Gasteiger partial charge on any atom is 0.292 e. The summed E-state index contributed by atoms with van der Waals surface area (Å²) in [6.07, 6.45) is 0. The molecule has 0 atom stereocenters. The van der Waals surface area contributed by atoms with Gasteiger partial charge in [-0.3, -0.25) is 14.9 Å². The van der Waals surface area contributed by atoms with Crippen LogP contribution in [0.4, 0.5) is 11.4 Å². The SMILES string of the molecule is CC(=O)c1cccc(-c2ccc([N+](=O)[O-])c(NCc3ccccc3)c2)c1. The molecular weight excluding hydrogens is 328 g/mol. The van der Waals surface area contributed by atoms with Crippen molar-refractivity contribution < 1.29 is 9.72 Å². The fraction of sp³-hybridized carbons (Fsp3) is 0.0952. The molecule has 1 N–H and O–H groups in total. The monoisotopic (exact) mass is 346 g/mol. The van der Waals surface area contributed by atoms with E-state index >= 15 is 0 Å². The van der Waals surface area contributed by atoms with Crippen LogP contribution in [0, 0.1) is 10.1 Å². The van der Waals surface area contributed by atoms with Crippen LogP contribution in [0.3, 0.4) is 0 Å². The fourth-order valence-electron chi connectivity index (χ4n) is 2.73. The average Bonchev–Trinajstić information content (AvgIpc) is 2.67. The number of anilines is 1. The molecule has 3 rings (SSSR count). The molecule has 0 radical (unpaired) electrons. The van der Waals surface area contributed by atoms with E-state index in [1.54, 1.807) is 24.3 Å². The van der Waals surface area contributed by atoms with E-state index in [2.05, 4.69) is 5.32 Å². The average molecular weight is 346 g/mol. The van der Waals surface area contributed by atoms with Crippen molar-refractivity contribution >= 4 is 17.2 Å². The van der Waals surface area contributed by atoms with Gasteiger partial charge in [-0.1, -0.05) is 48.5 Å². The molecule has 0 bridgehead atoms. The van der Waals surface area contributed by atoms with E-state index in [1.165, 1.54) is 13.0 Å². The number of nitrogens with zero attached hydrogens (tertiary/aromatic N) is 1. The predicted octanol–water partition coefficient (Wildman–Crippen LogP) is 5.08. The summed E-state index contributed by atoms with van der Waals surface area (Å²) in [5.74, 6) is -0.0174. The Morgan fingerprint density at radius 1 is 0.962 bits per heavy atom. The Bertz CT molecular complexity index is 952. The molecule has 0 aliphatic carbocycles. The van der Waals surface area contributed by atoms with Gasteiger partial charge in [-0.25, -0.2) is 0 Å². The van der Waals surface area contributed by atoms with E-state index in [1.807, 2.05) is 42.5 Å². The molecule has 0 aliphatic heterocycles. The number of benzene rings is 3. The molecule has 0 saturated carbocycles. The van der Waals surface area contributed by atoms with Crippen LogP contribution in [-0.2, 0) is 6.54 Å². The number of nitrogens with one attached hydrogen (secondary N) is 1. The van der Waals surface area contributed by atoms with Crippen LogP contribution in [0.1, 0.15) is 22.8 Å². The lowest BCUT2D eigenvalue weighted by molar-refractivity contribution is -0.384. The molecule has 0 spiro atoms. The van der Waals surface area contributed by atoms with Crippen LogP contribution in [0.25, 0.3) is 11.1 Å². The molecule has 0 heterocycles. The van der Waals surface area contributed by atoms with Gasteiger partial charge in [-0.2, -0.15) is 0 Å². The summed E-state index contributed by atoms with van der Waals surface area (Å²) in [6.45, 7) is 2.00.